The van der Waals surface area contributed by atoms with Gasteiger partial charge >= 0.3 is 5.97 Å². The van der Waals surface area contributed by atoms with E-state index in [-0.39, 0.29) is 5.82 Å². The average molecular weight is 220 g/mol. The van der Waals surface area contributed by atoms with Crippen molar-refractivity contribution in [3.05, 3.63) is 24.5 Å². The van der Waals surface area contributed by atoms with Gasteiger partial charge in [0.2, 0.25) is 0 Å². The Kier molecular flexibility index (Phi) is 2.46. The van der Waals surface area contributed by atoms with Crippen molar-refractivity contribution in [1.29, 1.82) is 0 Å². The van der Waals surface area contributed by atoms with E-state index in [9.17, 15) is 4.79 Å². The molecular formula is C8H8N6O2. The van der Waals surface area contributed by atoms with E-state index in [0.29, 0.717) is 11.6 Å². The lowest BCUT2D eigenvalue weighted by Crippen LogP contribution is -2.06. The summed E-state index contributed by atoms with van der Waals surface area (Å²) >= 11 is 0. The molecule has 0 bridgehead atoms. The first-order valence-electron chi connectivity index (χ1n) is 4.28. The van der Waals surface area contributed by atoms with E-state index in [0.717, 1.165) is 0 Å². The van der Waals surface area contributed by atoms with E-state index in [4.69, 9.17) is 5.73 Å². The van der Waals surface area contributed by atoms with Crippen molar-refractivity contribution in [3.8, 4) is 5.82 Å². The maximum Gasteiger partial charge on any atom is 0.377 e. The predicted octanol–water partition coefficient (Wildman–Crippen LogP) is -0.574. The minimum absolute atomic E-state index is 0.0420. The maximum atomic E-state index is 11.1. The lowest BCUT2D eigenvalue weighted by atomic mass is 10.5. The minimum Gasteiger partial charge on any atom is -0.463 e. The van der Waals surface area contributed by atoms with Crippen molar-refractivity contribution in [3.63, 3.8) is 0 Å². The summed E-state index contributed by atoms with van der Waals surface area (Å²) < 4.78 is 5.78. The van der Waals surface area contributed by atoms with Gasteiger partial charge in [0.1, 0.15) is 18.5 Å². The smallest absolute Gasteiger partial charge is 0.377 e. The molecule has 2 aromatic heterocycles. The number of nitrogens with two attached hydrogens (primary N) is 1. The van der Waals surface area contributed by atoms with Crippen molar-refractivity contribution in [2.24, 2.45) is 0 Å². The van der Waals surface area contributed by atoms with Crippen molar-refractivity contribution < 1.29 is 9.53 Å². The van der Waals surface area contributed by atoms with Crippen LogP contribution in [0.25, 0.3) is 5.82 Å². The molecule has 0 atom stereocenters. The molecule has 8 heteroatoms. The van der Waals surface area contributed by atoms with Gasteiger partial charge in [0.25, 0.3) is 5.82 Å². The van der Waals surface area contributed by atoms with Gasteiger partial charge in [-0.15, -0.1) is 5.10 Å². The van der Waals surface area contributed by atoms with Crippen LogP contribution in [-0.4, -0.2) is 37.8 Å². The van der Waals surface area contributed by atoms with Gasteiger partial charge in [-0.25, -0.2) is 24.4 Å². The van der Waals surface area contributed by atoms with Crippen LogP contribution in [0.4, 0.5) is 5.82 Å². The Balaban J connectivity index is 2.35. The molecule has 0 fully saturated rings. The molecule has 0 unspecified atom stereocenters. The second-order valence-corrected chi connectivity index (χ2v) is 2.81. The van der Waals surface area contributed by atoms with E-state index in [1.807, 2.05) is 0 Å². The Bertz CT molecular complexity index is 523. The number of hydrogen-bond acceptors (Lipinski definition) is 7. The number of nitrogens with zero attached hydrogens (tertiary/aromatic N) is 5. The summed E-state index contributed by atoms with van der Waals surface area (Å²) in [5, 5.41) is 3.88. The Hall–Kier alpha value is -2.51. The van der Waals surface area contributed by atoms with Crippen molar-refractivity contribution in [2.45, 2.75) is 0 Å². The molecule has 0 spiro atoms. The molecule has 0 aliphatic heterocycles. The molecule has 8 nitrogen and oxygen atoms in total. The molecule has 0 amide bonds. The highest BCUT2D eigenvalue weighted by atomic mass is 16.5. The Morgan fingerprint density at radius 2 is 2.25 bits per heavy atom. The van der Waals surface area contributed by atoms with Crippen LogP contribution < -0.4 is 5.73 Å². The van der Waals surface area contributed by atoms with Crippen LogP contribution in [0, 0.1) is 0 Å². The third kappa shape index (κ3) is 1.80. The van der Waals surface area contributed by atoms with Gasteiger partial charge in [-0.3, -0.25) is 0 Å². The van der Waals surface area contributed by atoms with Crippen molar-refractivity contribution in [2.75, 3.05) is 12.8 Å². The van der Waals surface area contributed by atoms with Crippen LogP contribution in [0.1, 0.15) is 10.6 Å². The number of methoxy groups -OCH3 is 1. The van der Waals surface area contributed by atoms with Crippen LogP contribution >= 0.6 is 0 Å². The van der Waals surface area contributed by atoms with Gasteiger partial charge in [0, 0.05) is 6.07 Å². The number of hydrogen-bond donors (Lipinski definition) is 1. The summed E-state index contributed by atoms with van der Waals surface area (Å²) in [5.41, 5.74) is 5.48. The molecule has 0 aliphatic carbocycles. The van der Waals surface area contributed by atoms with E-state index in [1.165, 1.54) is 30.5 Å². The second kappa shape index (κ2) is 3.93. The Morgan fingerprint density at radius 1 is 1.44 bits per heavy atom. The quantitative estimate of drug-likeness (QED) is 0.674. The number of carbonyl (C=O) groups is 1. The minimum atomic E-state index is -0.610. The molecule has 0 saturated carbocycles. The molecule has 16 heavy (non-hydrogen) atoms. The number of ether oxygens (including phenoxy) is 1. The Labute approximate surface area is 90.1 Å². The zero-order chi connectivity index (χ0) is 11.5. The number of anilines is 1. The largest absolute Gasteiger partial charge is 0.463 e. The third-order valence-corrected chi connectivity index (χ3v) is 1.77. The van der Waals surface area contributed by atoms with Gasteiger partial charge < -0.3 is 10.5 Å². The van der Waals surface area contributed by atoms with Crippen LogP contribution in [0.3, 0.4) is 0 Å². The van der Waals surface area contributed by atoms with E-state index >= 15 is 0 Å². The first-order valence-corrected chi connectivity index (χ1v) is 4.28. The van der Waals surface area contributed by atoms with Gasteiger partial charge in [-0.1, -0.05) is 0 Å². The van der Waals surface area contributed by atoms with Crippen LogP contribution in [0.5, 0.6) is 0 Å². The standard InChI is InChI=1S/C8H8N6O2/c1-16-8(15)7-12-4-14(13-7)6-2-5(9)10-3-11-6/h2-4H,1H3,(H2,9,10,11). The summed E-state index contributed by atoms with van der Waals surface area (Å²) in [5.74, 6) is 0.0794. The Morgan fingerprint density at radius 3 is 2.94 bits per heavy atom. The van der Waals surface area contributed by atoms with E-state index in [1.54, 1.807) is 0 Å². The van der Waals surface area contributed by atoms with E-state index in [2.05, 4.69) is 24.8 Å². The number of carbonyl (C=O) groups excluding carboxylic acids is 1. The van der Waals surface area contributed by atoms with Gasteiger partial charge in [0.15, 0.2) is 5.82 Å². The molecule has 0 saturated heterocycles. The fourth-order valence-electron chi connectivity index (χ4n) is 1.05. The number of esters is 1. The summed E-state index contributed by atoms with van der Waals surface area (Å²) in [6.45, 7) is 0. The molecule has 2 heterocycles. The van der Waals surface area contributed by atoms with Gasteiger partial charge in [-0.2, -0.15) is 0 Å². The lowest BCUT2D eigenvalue weighted by Gasteiger charge is -1.98. The topological polar surface area (TPSA) is 109 Å². The molecule has 2 N–H and O–H groups in total. The predicted molar refractivity (Wildman–Crippen MR) is 52.7 cm³/mol. The summed E-state index contributed by atoms with van der Waals surface area (Å²) in [4.78, 5) is 22.5. The number of rotatable bonds is 2. The summed E-state index contributed by atoms with van der Waals surface area (Å²) in [6, 6.07) is 1.51. The summed E-state index contributed by atoms with van der Waals surface area (Å²) in [7, 11) is 1.26. The van der Waals surface area contributed by atoms with E-state index < -0.39 is 5.97 Å². The SMILES string of the molecule is COC(=O)c1ncn(-c2cc(N)ncn2)n1. The van der Waals surface area contributed by atoms with Crippen LogP contribution in [0.2, 0.25) is 0 Å². The second-order valence-electron chi connectivity index (χ2n) is 2.81. The fourth-order valence-corrected chi connectivity index (χ4v) is 1.05. The normalized spacial score (nSPS) is 10.1. The molecular weight excluding hydrogens is 212 g/mol. The fraction of sp³-hybridized carbons (Fsp3) is 0.125. The highest BCUT2D eigenvalue weighted by Crippen LogP contribution is 2.04. The summed E-state index contributed by atoms with van der Waals surface area (Å²) in [6.07, 6.45) is 2.64. The first kappa shape index (κ1) is 10.0. The number of aromatic nitrogens is 5. The molecule has 2 aromatic rings. The first-order chi connectivity index (χ1) is 7.70. The lowest BCUT2D eigenvalue weighted by molar-refractivity contribution is 0.0587. The highest BCUT2D eigenvalue weighted by molar-refractivity contribution is 5.84. The van der Waals surface area contributed by atoms with Crippen molar-refractivity contribution in [1.82, 2.24) is 24.7 Å². The highest BCUT2D eigenvalue weighted by Gasteiger charge is 2.12. The van der Waals surface area contributed by atoms with Crippen LogP contribution in [0.15, 0.2) is 18.7 Å². The monoisotopic (exact) mass is 220 g/mol. The van der Waals surface area contributed by atoms with Gasteiger partial charge in [-0.05, 0) is 0 Å². The van der Waals surface area contributed by atoms with Gasteiger partial charge in [0.05, 0.1) is 7.11 Å². The molecule has 0 radical (unpaired) electrons. The zero-order valence-corrected chi connectivity index (χ0v) is 8.36. The van der Waals surface area contributed by atoms with Crippen LogP contribution in [-0.2, 0) is 4.74 Å². The maximum absolute atomic E-state index is 11.1. The zero-order valence-electron chi connectivity index (χ0n) is 8.36. The molecule has 0 aliphatic rings. The third-order valence-electron chi connectivity index (χ3n) is 1.77. The van der Waals surface area contributed by atoms with Crippen molar-refractivity contribution >= 4 is 11.8 Å². The molecule has 82 valence electrons. The number of nitrogen functional groups attached to an aromatic ring is 1. The molecule has 0 aromatic carbocycles. The average Bonchev–Trinajstić information content (AvgIpc) is 2.77. The molecule has 2 rings (SSSR count).